The number of carbonyl (C=O) groups excluding carboxylic acids is 2. The Hall–Kier alpha value is -2.15. The third-order valence-electron chi connectivity index (χ3n) is 3.84. The van der Waals surface area contributed by atoms with E-state index in [1.54, 1.807) is 11.8 Å². The van der Waals surface area contributed by atoms with Crippen molar-refractivity contribution < 1.29 is 9.59 Å². The first-order valence-corrected chi connectivity index (χ1v) is 9.39. The highest BCUT2D eigenvalue weighted by Gasteiger charge is 2.18. The molecule has 0 saturated carbocycles. The first-order valence-electron chi connectivity index (χ1n) is 7.99. The van der Waals surface area contributed by atoms with Crippen LogP contribution in [0.1, 0.15) is 18.4 Å². The van der Waals surface area contributed by atoms with Gasteiger partial charge in [0, 0.05) is 23.6 Å². The van der Waals surface area contributed by atoms with Gasteiger partial charge >= 0.3 is 6.03 Å². The fourth-order valence-electron chi connectivity index (χ4n) is 2.63. The maximum Gasteiger partial charge on any atom is 0.312 e. The van der Waals surface area contributed by atoms with Crippen molar-refractivity contribution in [3.63, 3.8) is 0 Å². The van der Waals surface area contributed by atoms with E-state index in [0.29, 0.717) is 13.0 Å². The second-order valence-corrected chi connectivity index (χ2v) is 6.58. The highest BCUT2D eigenvalue weighted by Crippen LogP contribution is 2.18. The van der Waals surface area contributed by atoms with Gasteiger partial charge in [-0.25, -0.2) is 4.79 Å². The van der Waals surface area contributed by atoms with E-state index in [1.807, 2.05) is 30.7 Å². The molecule has 1 aromatic carbocycles. The lowest BCUT2D eigenvalue weighted by Gasteiger charge is -2.16. The molecule has 1 atom stereocenters. The molecule has 0 bridgehead atoms. The predicted octanol–water partition coefficient (Wildman–Crippen LogP) is 2.01. The normalized spacial score (nSPS) is 12.0. The van der Waals surface area contributed by atoms with E-state index < -0.39 is 12.1 Å². The maximum atomic E-state index is 12.2. The van der Waals surface area contributed by atoms with Crippen molar-refractivity contribution in [1.82, 2.24) is 15.6 Å². The lowest BCUT2D eigenvalue weighted by molar-refractivity contribution is -0.122. The number of thioether (sulfide) groups is 1. The molecule has 0 fully saturated rings. The summed E-state index contributed by atoms with van der Waals surface area (Å²) in [5.74, 6) is 0.607. The van der Waals surface area contributed by atoms with E-state index in [4.69, 9.17) is 5.73 Å². The van der Waals surface area contributed by atoms with Crippen molar-refractivity contribution in [3.8, 4) is 0 Å². The summed E-state index contributed by atoms with van der Waals surface area (Å²) in [7, 11) is 0. The summed E-state index contributed by atoms with van der Waals surface area (Å²) in [6.07, 6.45) is 6.25. The third-order valence-corrected chi connectivity index (χ3v) is 4.48. The number of nitrogens with one attached hydrogen (secondary N) is 3. The lowest BCUT2D eigenvalue weighted by atomic mass is 10.1. The molecule has 1 aromatic heterocycles. The minimum atomic E-state index is -0.671. The smallest absolute Gasteiger partial charge is 0.312 e. The number of nitrogens with two attached hydrogens (primary N) is 1. The van der Waals surface area contributed by atoms with Gasteiger partial charge in [0.2, 0.25) is 5.91 Å². The molecule has 1 unspecified atom stereocenters. The number of aromatic amines is 1. The van der Waals surface area contributed by atoms with E-state index in [2.05, 4.69) is 21.7 Å². The summed E-state index contributed by atoms with van der Waals surface area (Å²) in [4.78, 5) is 26.4. The van der Waals surface area contributed by atoms with Crippen LogP contribution < -0.4 is 16.4 Å². The van der Waals surface area contributed by atoms with E-state index in [9.17, 15) is 9.59 Å². The van der Waals surface area contributed by atoms with Gasteiger partial charge in [-0.05, 0) is 42.9 Å². The Morgan fingerprint density at radius 1 is 1.33 bits per heavy atom. The molecular formula is C17H24N4O2S. The SMILES string of the molecule is CSCCC(NC(N)=O)C(=O)NCCCc1c[nH]c2ccccc12. The van der Waals surface area contributed by atoms with E-state index >= 15 is 0 Å². The number of fused-ring (bicyclic) bond motifs is 1. The molecule has 0 aliphatic rings. The van der Waals surface area contributed by atoms with Crippen LogP contribution in [-0.2, 0) is 11.2 Å². The standard InChI is InChI=1S/C17H24N4O2S/c1-24-10-8-15(21-17(18)23)16(22)19-9-4-5-12-11-20-14-7-3-2-6-13(12)14/h2-3,6-7,11,15,20H,4-5,8-10H2,1H3,(H,19,22)(H3,18,21,23). The first-order chi connectivity index (χ1) is 11.6. The first kappa shape index (κ1) is 18.2. The molecule has 5 N–H and O–H groups in total. The van der Waals surface area contributed by atoms with Crippen molar-refractivity contribution in [3.05, 3.63) is 36.0 Å². The highest BCUT2D eigenvalue weighted by atomic mass is 32.2. The number of carbonyl (C=O) groups is 2. The molecule has 24 heavy (non-hydrogen) atoms. The summed E-state index contributed by atoms with van der Waals surface area (Å²) in [6, 6.07) is 6.93. The molecule has 7 heteroatoms. The van der Waals surface area contributed by atoms with Gasteiger partial charge in [0.1, 0.15) is 6.04 Å². The molecule has 3 amide bonds. The molecule has 2 rings (SSSR count). The molecule has 0 spiro atoms. The number of para-hydroxylation sites is 1. The molecule has 6 nitrogen and oxygen atoms in total. The van der Waals surface area contributed by atoms with Crippen LogP contribution in [0.5, 0.6) is 0 Å². The van der Waals surface area contributed by atoms with Crippen LogP contribution in [0.25, 0.3) is 10.9 Å². The van der Waals surface area contributed by atoms with E-state index in [0.717, 1.165) is 24.1 Å². The number of benzene rings is 1. The van der Waals surface area contributed by atoms with Gasteiger partial charge in [-0.2, -0.15) is 11.8 Å². The van der Waals surface area contributed by atoms with Crippen molar-refractivity contribution in [2.75, 3.05) is 18.6 Å². The zero-order valence-corrected chi connectivity index (χ0v) is 14.6. The van der Waals surface area contributed by atoms with Crippen LogP contribution in [0.4, 0.5) is 4.79 Å². The summed E-state index contributed by atoms with van der Waals surface area (Å²) in [6.45, 7) is 0.564. The Morgan fingerprint density at radius 3 is 2.88 bits per heavy atom. The van der Waals surface area contributed by atoms with Gasteiger partial charge in [-0.1, -0.05) is 18.2 Å². The topological polar surface area (TPSA) is 100 Å². The lowest BCUT2D eigenvalue weighted by Crippen LogP contribution is -2.49. The van der Waals surface area contributed by atoms with Crippen LogP contribution in [0.3, 0.4) is 0 Å². The van der Waals surface area contributed by atoms with Crippen LogP contribution >= 0.6 is 11.8 Å². The number of hydrogen-bond donors (Lipinski definition) is 4. The number of aromatic nitrogens is 1. The predicted molar refractivity (Wildman–Crippen MR) is 99.1 cm³/mol. The molecule has 2 aromatic rings. The number of H-pyrrole nitrogens is 1. The minimum Gasteiger partial charge on any atom is -0.361 e. The average molecular weight is 348 g/mol. The molecular weight excluding hydrogens is 324 g/mol. The van der Waals surface area contributed by atoms with Gasteiger partial charge in [0.15, 0.2) is 0 Å². The number of urea groups is 1. The molecule has 0 aliphatic carbocycles. The monoisotopic (exact) mass is 348 g/mol. The van der Waals surface area contributed by atoms with Gasteiger partial charge in [0.25, 0.3) is 0 Å². The van der Waals surface area contributed by atoms with E-state index in [-0.39, 0.29) is 5.91 Å². The van der Waals surface area contributed by atoms with Gasteiger partial charge in [-0.3, -0.25) is 4.79 Å². The van der Waals surface area contributed by atoms with Gasteiger partial charge in [0.05, 0.1) is 0 Å². The average Bonchev–Trinajstić information content (AvgIpc) is 2.98. The second-order valence-electron chi connectivity index (χ2n) is 5.60. The Kier molecular flexibility index (Phi) is 6.99. The maximum absolute atomic E-state index is 12.2. The second kappa shape index (κ2) is 9.22. The fraction of sp³-hybridized carbons (Fsp3) is 0.412. The summed E-state index contributed by atoms with van der Waals surface area (Å²) >= 11 is 1.63. The van der Waals surface area contributed by atoms with E-state index in [1.165, 1.54) is 10.9 Å². The van der Waals surface area contributed by atoms with Crippen LogP contribution in [0.15, 0.2) is 30.5 Å². The quantitative estimate of drug-likeness (QED) is 0.522. The largest absolute Gasteiger partial charge is 0.361 e. The number of aryl methyl sites for hydroxylation is 1. The van der Waals surface area contributed by atoms with Crippen molar-refractivity contribution in [2.45, 2.75) is 25.3 Å². The number of rotatable bonds is 9. The summed E-state index contributed by atoms with van der Waals surface area (Å²) in [5, 5.41) is 6.60. The van der Waals surface area contributed by atoms with Gasteiger partial charge in [-0.15, -0.1) is 0 Å². The van der Waals surface area contributed by atoms with Gasteiger partial charge < -0.3 is 21.4 Å². The Balaban J connectivity index is 1.79. The number of hydrogen-bond acceptors (Lipinski definition) is 3. The number of amides is 3. The Morgan fingerprint density at radius 2 is 2.12 bits per heavy atom. The zero-order chi connectivity index (χ0) is 17.4. The van der Waals surface area contributed by atoms with Crippen molar-refractivity contribution >= 4 is 34.6 Å². The molecule has 130 valence electrons. The zero-order valence-electron chi connectivity index (χ0n) is 13.8. The minimum absolute atomic E-state index is 0.179. The molecule has 1 heterocycles. The summed E-state index contributed by atoms with van der Waals surface area (Å²) in [5.41, 5.74) is 7.50. The third kappa shape index (κ3) is 5.19. The molecule has 0 radical (unpaired) electrons. The van der Waals surface area contributed by atoms with Crippen LogP contribution in [-0.4, -0.2) is 41.5 Å². The Bertz CT molecular complexity index is 686. The van der Waals surface area contributed by atoms with Crippen molar-refractivity contribution in [2.24, 2.45) is 5.73 Å². The van der Waals surface area contributed by atoms with Crippen LogP contribution in [0, 0.1) is 0 Å². The Labute approximate surface area is 145 Å². The fourth-order valence-corrected chi connectivity index (χ4v) is 3.10. The summed E-state index contributed by atoms with van der Waals surface area (Å²) < 4.78 is 0. The molecule has 0 saturated heterocycles. The van der Waals surface area contributed by atoms with Crippen molar-refractivity contribution in [1.29, 1.82) is 0 Å². The molecule has 0 aliphatic heterocycles. The van der Waals surface area contributed by atoms with Crippen LogP contribution in [0.2, 0.25) is 0 Å². The number of primary amides is 1. The highest BCUT2D eigenvalue weighted by molar-refractivity contribution is 7.98.